The molecule has 3 nitrogen and oxygen atoms in total. The van der Waals surface area contributed by atoms with Crippen molar-refractivity contribution in [3.05, 3.63) is 0 Å². The first-order chi connectivity index (χ1) is 4.45. The van der Waals surface area contributed by atoms with Gasteiger partial charge in [-0.25, -0.2) is 0 Å². The average Bonchev–Trinajstić information content (AvgIpc) is 1.59. The Bertz CT molecular complexity index is 175. The number of hydrogen-bond donors (Lipinski definition) is 0. The highest BCUT2D eigenvalue weighted by Crippen LogP contribution is 2.03. The van der Waals surface area contributed by atoms with Gasteiger partial charge in [-0.3, -0.25) is 4.18 Å². The van der Waals surface area contributed by atoms with Crippen LogP contribution in [-0.2, 0) is 14.3 Å². The summed E-state index contributed by atoms with van der Waals surface area (Å²) in [6.07, 6.45) is 1.65. The topological polar surface area (TPSA) is 43.4 Å². The van der Waals surface area contributed by atoms with E-state index in [1.54, 1.807) is 6.92 Å². The number of halogens is 1. The van der Waals surface area contributed by atoms with Crippen molar-refractivity contribution in [3.8, 4) is 0 Å². The van der Waals surface area contributed by atoms with Crippen molar-refractivity contribution < 1.29 is 12.6 Å². The maximum Gasteiger partial charge on any atom is 0.264 e. The molecule has 0 aliphatic rings. The lowest BCUT2D eigenvalue weighted by atomic mass is 10.3. The standard InChI is InChI=1S/C5H11IO3S/c1-5(3-4-6)9-10(2,7)8/h5H,3-4H2,1-2H3. The first-order valence-corrected chi connectivity index (χ1v) is 6.24. The van der Waals surface area contributed by atoms with Crippen molar-refractivity contribution >= 4 is 32.7 Å². The quantitative estimate of drug-likeness (QED) is 0.440. The molecular weight excluding hydrogens is 267 g/mol. The van der Waals surface area contributed by atoms with Crippen LogP contribution in [0.5, 0.6) is 0 Å². The minimum Gasteiger partial charge on any atom is -0.267 e. The largest absolute Gasteiger partial charge is 0.267 e. The van der Waals surface area contributed by atoms with Gasteiger partial charge in [-0.1, -0.05) is 22.6 Å². The summed E-state index contributed by atoms with van der Waals surface area (Å²) >= 11 is 2.18. The van der Waals surface area contributed by atoms with E-state index < -0.39 is 10.1 Å². The first kappa shape index (κ1) is 10.6. The highest BCUT2D eigenvalue weighted by atomic mass is 127. The molecule has 0 saturated carbocycles. The van der Waals surface area contributed by atoms with Crippen molar-refractivity contribution in [1.82, 2.24) is 0 Å². The monoisotopic (exact) mass is 278 g/mol. The van der Waals surface area contributed by atoms with Crippen molar-refractivity contribution in [3.63, 3.8) is 0 Å². The Balaban J connectivity index is 3.69. The van der Waals surface area contributed by atoms with Gasteiger partial charge in [0.15, 0.2) is 0 Å². The summed E-state index contributed by atoms with van der Waals surface area (Å²) < 4.78 is 26.5. The summed E-state index contributed by atoms with van der Waals surface area (Å²) in [5.41, 5.74) is 0. The predicted octanol–water partition coefficient (Wildman–Crippen LogP) is 1.18. The van der Waals surface area contributed by atoms with Crippen LogP contribution in [-0.4, -0.2) is 25.2 Å². The molecule has 1 atom stereocenters. The van der Waals surface area contributed by atoms with Gasteiger partial charge in [-0.05, 0) is 13.3 Å². The van der Waals surface area contributed by atoms with Gasteiger partial charge < -0.3 is 0 Å². The maximum absolute atomic E-state index is 10.5. The first-order valence-electron chi connectivity index (χ1n) is 2.90. The summed E-state index contributed by atoms with van der Waals surface area (Å²) in [5, 5.41) is 0. The van der Waals surface area contributed by atoms with Gasteiger partial charge >= 0.3 is 0 Å². The zero-order valence-corrected chi connectivity index (χ0v) is 8.98. The second-order valence-corrected chi connectivity index (χ2v) is 4.77. The van der Waals surface area contributed by atoms with E-state index in [9.17, 15) is 8.42 Å². The molecule has 0 rings (SSSR count). The van der Waals surface area contributed by atoms with Crippen molar-refractivity contribution in [2.45, 2.75) is 19.4 Å². The Morgan fingerprint density at radius 3 is 2.40 bits per heavy atom. The Kier molecular flexibility index (Phi) is 4.79. The molecule has 0 fully saturated rings. The van der Waals surface area contributed by atoms with E-state index in [4.69, 9.17) is 0 Å². The molecular formula is C5H11IO3S. The second kappa shape index (κ2) is 4.50. The molecule has 0 aliphatic carbocycles. The zero-order chi connectivity index (χ0) is 8.20. The molecule has 0 aromatic carbocycles. The molecule has 0 spiro atoms. The molecule has 0 heterocycles. The van der Waals surface area contributed by atoms with Crippen LogP contribution < -0.4 is 0 Å². The van der Waals surface area contributed by atoms with Gasteiger partial charge in [0.2, 0.25) is 0 Å². The van der Waals surface area contributed by atoms with Crippen molar-refractivity contribution in [2.24, 2.45) is 0 Å². The molecule has 0 saturated heterocycles. The van der Waals surface area contributed by atoms with E-state index in [2.05, 4.69) is 26.8 Å². The highest BCUT2D eigenvalue weighted by molar-refractivity contribution is 14.1. The number of hydrogen-bond acceptors (Lipinski definition) is 3. The SMILES string of the molecule is CC(CCI)OS(C)(=O)=O. The fourth-order valence-electron chi connectivity index (χ4n) is 0.500. The van der Waals surface area contributed by atoms with Crippen LogP contribution in [0.3, 0.4) is 0 Å². The third-order valence-electron chi connectivity index (χ3n) is 0.855. The second-order valence-electron chi connectivity index (χ2n) is 2.09. The molecule has 5 heteroatoms. The van der Waals surface area contributed by atoms with Crippen molar-refractivity contribution in [2.75, 3.05) is 10.7 Å². The molecule has 0 aromatic heterocycles. The van der Waals surface area contributed by atoms with Crippen LogP contribution in [0.25, 0.3) is 0 Å². The van der Waals surface area contributed by atoms with Gasteiger partial charge in [0.25, 0.3) is 10.1 Å². The average molecular weight is 278 g/mol. The molecule has 1 unspecified atom stereocenters. The summed E-state index contributed by atoms with van der Waals surface area (Å²) in [4.78, 5) is 0. The lowest BCUT2D eigenvalue weighted by Gasteiger charge is -2.07. The Morgan fingerprint density at radius 2 is 2.10 bits per heavy atom. The smallest absolute Gasteiger partial charge is 0.264 e. The number of alkyl halides is 1. The Morgan fingerprint density at radius 1 is 1.60 bits per heavy atom. The molecule has 10 heavy (non-hydrogen) atoms. The number of rotatable bonds is 4. The Hall–Kier alpha value is 0.640. The third kappa shape index (κ3) is 6.76. The molecule has 0 aromatic rings. The van der Waals surface area contributed by atoms with E-state index in [0.29, 0.717) is 0 Å². The molecule has 0 amide bonds. The molecule has 0 N–H and O–H groups in total. The van der Waals surface area contributed by atoms with Crippen LogP contribution in [0.1, 0.15) is 13.3 Å². The van der Waals surface area contributed by atoms with E-state index in [1.807, 2.05) is 0 Å². The fourth-order valence-corrected chi connectivity index (χ4v) is 2.07. The predicted molar refractivity (Wildman–Crippen MR) is 48.9 cm³/mol. The van der Waals surface area contributed by atoms with Crippen LogP contribution in [0.15, 0.2) is 0 Å². The molecule has 62 valence electrons. The van der Waals surface area contributed by atoms with Crippen LogP contribution in [0.4, 0.5) is 0 Å². The zero-order valence-electron chi connectivity index (χ0n) is 6.00. The molecule has 0 radical (unpaired) electrons. The van der Waals surface area contributed by atoms with Crippen LogP contribution in [0, 0.1) is 0 Å². The van der Waals surface area contributed by atoms with E-state index in [1.165, 1.54) is 0 Å². The molecule has 0 aliphatic heterocycles. The van der Waals surface area contributed by atoms with Crippen molar-refractivity contribution in [1.29, 1.82) is 0 Å². The van der Waals surface area contributed by atoms with E-state index in [-0.39, 0.29) is 6.10 Å². The Labute approximate surface area is 75.4 Å². The minimum atomic E-state index is -3.25. The van der Waals surface area contributed by atoms with Gasteiger partial charge in [0, 0.05) is 4.43 Å². The van der Waals surface area contributed by atoms with Crippen LogP contribution in [0.2, 0.25) is 0 Å². The van der Waals surface area contributed by atoms with Gasteiger partial charge in [0.1, 0.15) is 0 Å². The van der Waals surface area contributed by atoms with Gasteiger partial charge in [-0.15, -0.1) is 0 Å². The van der Waals surface area contributed by atoms with Crippen LogP contribution >= 0.6 is 22.6 Å². The summed E-state index contributed by atoms with van der Waals surface area (Å²) in [6.45, 7) is 1.75. The van der Waals surface area contributed by atoms with Gasteiger partial charge in [-0.2, -0.15) is 8.42 Å². The fraction of sp³-hybridized carbons (Fsp3) is 1.00. The van der Waals surface area contributed by atoms with E-state index >= 15 is 0 Å². The summed E-state index contributed by atoms with van der Waals surface area (Å²) in [5.74, 6) is 0. The van der Waals surface area contributed by atoms with Gasteiger partial charge in [0.05, 0.1) is 12.4 Å². The third-order valence-corrected chi connectivity index (χ3v) is 2.16. The lowest BCUT2D eigenvalue weighted by molar-refractivity contribution is 0.229. The minimum absolute atomic E-state index is 0.188. The maximum atomic E-state index is 10.5. The lowest BCUT2D eigenvalue weighted by Crippen LogP contribution is -2.13. The summed E-state index contributed by atoms with van der Waals surface area (Å²) in [6, 6.07) is 0. The summed E-state index contributed by atoms with van der Waals surface area (Å²) in [7, 11) is -3.25. The highest BCUT2D eigenvalue weighted by Gasteiger charge is 2.08. The van der Waals surface area contributed by atoms with E-state index in [0.717, 1.165) is 17.1 Å². The normalized spacial score (nSPS) is 15.1. The molecule has 0 bridgehead atoms.